The van der Waals surface area contributed by atoms with Crippen LogP contribution in [0, 0.1) is 13.8 Å². The lowest BCUT2D eigenvalue weighted by molar-refractivity contribution is 0.0697. The molecule has 20 heavy (non-hydrogen) atoms. The second-order valence-corrected chi connectivity index (χ2v) is 4.81. The van der Waals surface area contributed by atoms with Crippen molar-refractivity contribution in [3.05, 3.63) is 53.1 Å². The summed E-state index contributed by atoms with van der Waals surface area (Å²) < 4.78 is 5.68. The number of rotatable bonds is 2. The summed E-state index contributed by atoms with van der Waals surface area (Å²) in [5.41, 5.74) is 4.61. The summed E-state index contributed by atoms with van der Waals surface area (Å²) in [4.78, 5) is 15.3. The zero-order valence-corrected chi connectivity index (χ0v) is 11.2. The van der Waals surface area contributed by atoms with E-state index in [0.29, 0.717) is 17.0 Å². The minimum Gasteiger partial charge on any atom is -0.478 e. The Labute approximate surface area is 115 Å². The van der Waals surface area contributed by atoms with Crippen molar-refractivity contribution in [2.75, 3.05) is 0 Å². The van der Waals surface area contributed by atoms with Gasteiger partial charge in [-0.25, -0.2) is 9.78 Å². The highest BCUT2D eigenvalue weighted by molar-refractivity contribution is 5.92. The van der Waals surface area contributed by atoms with Crippen molar-refractivity contribution < 1.29 is 14.3 Å². The molecule has 0 saturated carbocycles. The molecule has 0 atom stereocenters. The first-order valence-electron chi connectivity index (χ1n) is 6.26. The van der Waals surface area contributed by atoms with E-state index in [4.69, 9.17) is 9.52 Å². The molecule has 1 aromatic heterocycles. The fraction of sp³-hybridized carbons (Fsp3) is 0.125. The molecule has 0 aliphatic carbocycles. The zero-order valence-electron chi connectivity index (χ0n) is 11.2. The molecule has 4 heteroatoms. The zero-order chi connectivity index (χ0) is 14.3. The Hall–Kier alpha value is -2.62. The van der Waals surface area contributed by atoms with Crippen LogP contribution < -0.4 is 0 Å². The molecule has 0 spiro atoms. The molecule has 0 radical (unpaired) electrons. The van der Waals surface area contributed by atoms with Crippen molar-refractivity contribution in [1.29, 1.82) is 0 Å². The van der Waals surface area contributed by atoms with Crippen molar-refractivity contribution in [3.63, 3.8) is 0 Å². The van der Waals surface area contributed by atoms with Gasteiger partial charge in [0.05, 0.1) is 5.56 Å². The number of carboxylic acids is 1. The Morgan fingerprint density at radius 3 is 2.60 bits per heavy atom. The first-order chi connectivity index (χ1) is 9.54. The van der Waals surface area contributed by atoms with Gasteiger partial charge in [0.25, 0.3) is 0 Å². The smallest absolute Gasteiger partial charge is 0.335 e. The molecule has 4 nitrogen and oxygen atoms in total. The maximum absolute atomic E-state index is 10.9. The van der Waals surface area contributed by atoms with Gasteiger partial charge in [-0.05, 0) is 55.3 Å². The molecule has 1 heterocycles. The number of carbonyl (C=O) groups is 1. The number of hydrogen-bond donors (Lipinski definition) is 1. The maximum Gasteiger partial charge on any atom is 0.335 e. The van der Waals surface area contributed by atoms with E-state index >= 15 is 0 Å². The number of carboxylic acid groups (broad SMARTS) is 1. The van der Waals surface area contributed by atoms with E-state index in [0.717, 1.165) is 11.1 Å². The molecule has 0 unspecified atom stereocenters. The Bertz CT molecular complexity index is 818. The monoisotopic (exact) mass is 267 g/mol. The van der Waals surface area contributed by atoms with Crippen LogP contribution in [0.3, 0.4) is 0 Å². The van der Waals surface area contributed by atoms with Gasteiger partial charge in [-0.2, -0.15) is 0 Å². The van der Waals surface area contributed by atoms with Crippen LogP contribution in [0.25, 0.3) is 22.6 Å². The van der Waals surface area contributed by atoms with E-state index in [2.05, 4.69) is 4.98 Å². The molecular weight excluding hydrogens is 254 g/mol. The van der Waals surface area contributed by atoms with Crippen LogP contribution in [-0.2, 0) is 0 Å². The van der Waals surface area contributed by atoms with Crippen LogP contribution in [0.4, 0.5) is 0 Å². The molecule has 0 saturated heterocycles. The first-order valence-corrected chi connectivity index (χ1v) is 6.26. The van der Waals surface area contributed by atoms with E-state index in [9.17, 15) is 4.79 Å². The fourth-order valence-electron chi connectivity index (χ4n) is 2.06. The van der Waals surface area contributed by atoms with Crippen LogP contribution in [-0.4, -0.2) is 16.1 Å². The number of nitrogens with zero attached hydrogens (tertiary/aromatic N) is 1. The summed E-state index contributed by atoms with van der Waals surface area (Å²) in [7, 11) is 0. The van der Waals surface area contributed by atoms with Crippen molar-refractivity contribution in [2.24, 2.45) is 0 Å². The summed E-state index contributed by atoms with van der Waals surface area (Å²) in [5.74, 6) is -0.465. The van der Waals surface area contributed by atoms with Crippen molar-refractivity contribution in [3.8, 4) is 11.5 Å². The molecule has 3 rings (SSSR count). The fourth-order valence-corrected chi connectivity index (χ4v) is 2.06. The third-order valence-corrected chi connectivity index (χ3v) is 3.39. The minimum atomic E-state index is -0.970. The van der Waals surface area contributed by atoms with Gasteiger partial charge in [-0.3, -0.25) is 0 Å². The standard InChI is InChI=1S/C16H13NO3/c1-9-3-4-11(7-10(9)2)15-17-13-8-12(16(18)19)5-6-14(13)20-15/h3-8H,1-2H3,(H,18,19). The number of aromatic carboxylic acids is 1. The second-order valence-electron chi connectivity index (χ2n) is 4.81. The first kappa shape index (κ1) is 12.4. The normalized spacial score (nSPS) is 10.9. The van der Waals surface area contributed by atoms with Crippen LogP contribution in [0.15, 0.2) is 40.8 Å². The highest BCUT2D eigenvalue weighted by atomic mass is 16.4. The van der Waals surface area contributed by atoms with E-state index < -0.39 is 5.97 Å². The van der Waals surface area contributed by atoms with E-state index in [1.165, 1.54) is 17.7 Å². The molecular formula is C16H13NO3. The van der Waals surface area contributed by atoms with Crippen molar-refractivity contribution in [2.45, 2.75) is 13.8 Å². The lowest BCUT2D eigenvalue weighted by Crippen LogP contribution is -1.94. The molecule has 0 aliphatic rings. The molecule has 0 aliphatic heterocycles. The molecule has 100 valence electrons. The van der Waals surface area contributed by atoms with Gasteiger partial charge in [0, 0.05) is 5.56 Å². The molecule has 0 fully saturated rings. The third kappa shape index (κ3) is 2.05. The van der Waals surface area contributed by atoms with Gasteiger partial charge in [-0.1, -0.05) is 6.07 Å². The van der Waals surface area contributed by atoms with Crippen LogP contribution in [0.1, 0.15) is 21.5 Å². The van der Waals surface area contributed by atoms with Gasteiger partial charge in [0.1, 0.15) is 5.52 Å². The van der Waals surface area contributed by atoms with Crippen LogP contribution in [0.2, 0.25) is 0 Å². The van der Waals surface area contributed by atoms with Crippen molar-refractivity contribution >= 4 is 17.1 Å². The SMILES string of the molecule is Cc1ccc(-c2nc3cc(C(=O)O)ccc3o2)cc1C. The Kier molecular flexibility index (Phi) is 2.79. The summed E-state index contributed by atoms with van der Waals surface area (Å²) in [6.45, 7) is 4.08. The largest absolute Gasteiger partial charge is 0.478 e. The van der Waals surface area contributed by atoms with Gasteiger partial charge < -0.3 is 9.52 Å². The van der Waals surface area contributed by atoms with Gasteiger partial charge in [0.2, 0.25) is 5.89 Å². The Balaban J connectivity index is 2.12. The quantitative estimate of drug-likeness (QED) is 0.766. The summed E-state index contributed by atoms with van der Waals surface area (Å²) in [6.07, 6.45) is 0. The number of aromatic nitrogens is 1. The molecule has 2 aromatic carbocycles. The Morgan fingerprint density at radius 1 is 1.10 bits per heavy atom. The van der Waals surface area contributed by atoms with Crippen LogP contribution >= 0.6 is 0 Å². The summed E-state index contributed by atoms with van der Waals surface area (Å²) in [5, 5.41) is 8.98. The number of hydrogen-bond acceptors (Lipinski definition) is 3. The van der Waals surface area contributed by atoms with E-state index in [1.807, 2.05) is 32.0 Å². The summed E-state index contributed by atoms with van der Waals surface area (Å²) >= 11 is 0. The van der Waals surface area contributed by atoms with Gasteiger partial charge in [0.15, 0.2) is 5.58 Å². The minimum absolute atomic E-state index is 0.206. The van der Waals surface area contributed by atoms with E-state index in [1.54, 1.807) is 6.07 Å². The third-order valence-electron chi connectivity index (χ3n) is 3.39. The second kappa shape index (κ2) is 4.49. The maximum atomic E-state index is 10.9. The van der Waals surface area contributed by atoms with Crippen molar-refractivity contribution in [1.82, 2.24) is 4.98 Å². The lowest BCUT2D eigenvalue weighted by Gasteiger charge is -2.01. The Morgan fingerprint density at radius 2 is 1.90 bits per heavy atom. The number of aryl methyl sites for hydroxylation is 2. The average Bonchev–Trinajstić information content (AvgIpc) is 2.84. The number of fused-ring (bicyclic) bond motifs is 1. The molecule has 0 amide bonds. The number of benzene rings is 2. The van der Waals surface area contributed by atoms with Gasteiger partial charge >= 0.3 is 5.97 Å². The average molecular weight is 267 g/mol. The van der Waals surface area contributed by atoms with E-state index in [-0.39, 0.29) is 5.56 Å². The molecule has 3 aromatic rings. The summed E-state index contributed by atoms with van der Waals surface area (Å²) in [6, 6.07) is 10.6. The molecule has 0 bridgehead atoms. The predicted octanol–water partition coefficient (Wildman–Crippen LogP) is 3.81. The highest BCUT2D eigenvalue weighted by Gasteiger charge is 2.11. The number of oxazole rings is 1. The molecule has 1 N–H and O–H groups in total. The topological polar surface area (TPSA) is 63.3 Å². The lowest BCUT2D eigenvalue weighted by atomic mass is 10.1. The predicted molar refractivity (Wildman–Crippen MR) is 75.9 cm³/mol. The van der Waals surface area contributed by atoms with Crippen LogP contribution in [0.5, 0.6) is 0 Å². The van der Waals surface area contributed by atoms with Gasteiger partial charge in [-0.15, -0.1) is 0 Å². The highest BCUT2D eigenvalue weighted by Crippen LogP contribution is 2.26.